The van der Waals surface area contributed by atoms with Crippen molar-refractivity contribution in [3.8, 4) is 5.75 Å². The van der Waals surface area contributed by atoms with E-state index in [0.717, 1.165) is 44.9 Å². The Hall–Kier alpha value is -1.62. The molecule has 2 unspecified atom stereocenters. The van der Waals surface area contributed by atoms with Crippen LogP contribution in [0.2, 0.25) is 0 Å². The Balaban J connectivity index is 1.17. The van der Waals surface area contributed by atoms with Crippen molar-refractivity contribution in [2.75, 3.05) is 13.1 Å². The largest absolute Gasteiger partial charge is 0.487 e. The standard InChI is InChI=1S/C23H30FNO3/c24-19-3-1-2-4-20(19)28-18-5-7-25(8-6-18)21(26)14-22-10-16-9-17(11-22)13-23(27,12-16)15-22/h1-4,16-18,27H,5-15H2/t16-,17+,22?,23?. The Bertz CT molecular complexity index is 744. The zero-order valence-electron chi connectivity index (χ0n) is 16.4. The third-order valence-corrected chi connectivity index (χ3v) is 7.60. The van der Waals surface area contributed by atoms with Crippen LogP contribution >= 0.6 is 0 Å². The van der Waals surface area contributed by atoms with Crippen LogP contribution in [0.3, 0.4) is 0 Å². The summed E-state index contributed by atoms with van der Waals surface area (Å²) in [5, 5.41) is 10.9. The Morgan fingerprint density at radius 1 is 1.14 bits per heavy atom. The van der Waals surface area contributed by atoms with E-state index in [1.807, 2.05) is 4.90 Å². The number of hydrogen-bond donors (Lipinski definition) is 1. The first-order chi connectivity index (χ1) is 13.4. The molecule has 5 fully saturated rings. The molecule has 5 heteroatoms. The summed E-state index contributed by atoms with van der Waals surface area (Å²) in [6.45, 7) is 1.34. The lowest BCUT2D eigenvalue weighted by atomic mass is 9.47. The fraction of sp³-hybridized carbons (Fsp3) is 0.696. The molecule has 0 spiro atoms. The number of halogens is 1. The predicted octanol–water partition coefficient (Wildman–Crippen LogP) is 3.92. The molecule has 1 saturated heterocycles. The maximum absolute atomic E-state index is 13.8. The lowest BCUT2D eigenvalue weighted by Gasteiger charge is -2.60. The molecule has 1 aliphatic heterocycles. The van der Waals surface area contributed by atoms with Crippen molar-refractivity contribution in [1.29, 1.82) is 0 Å². The fourth-order valence-corrected chi connectivity index (χ4v) is 6.98. The number of likely N-dealkylation sites (tertiary alicyclic amines) is 1. The predicted molar refractivity (Wildman–Crippen MR) is 103 cm³/mol. The van der Waals surface area contributed by atoms with Gasteiger partial charge in [-0.25, -0.2) is 4.39 Å². The number of carbonyl (C=O) groups is 1. The fourth-order valence-electron chi connectivity index (χ4n) is 6.98. The van der Waals surface area contributed by atoms with Crippen LogP contribution in [0.1, 0.15) is 57.8 Å². The van der Waals surface area contributed by atoms with Gasteiger partial charge in [0, 0.05) is 32.4 Å². The van der Waals surface area contributed by atoms with Gasteiger partial charge < -0.3 is 14.7 Å². The number of para-hydroxylation sites is 1. The van der Waals surface area contributed by atoms with E-state index in [-0.39, 0.29) is 23.2 Å². The highest BCUT2D eigenvalue weighted by Gasteiger charge is 2.57. The van der Waals surface area contributed by atoms with Crippen LogP contribution in [0.4, 0.5) is 4.39 Å². The highest BCUT2D eigenvalue weighted by molar-refractivity contribution is 5.77. The third-order valence-electron chi connectivity index (χ3n) is 7.60. The average Bonchev–Trinajstić information content (AvgIpc) is 2.62. The topological polar surface area (TPSA) is 49.8 Å². The van der Waals surface area contributed by atoms with E-state index in [4.69, 9.17) is 4.74 Å². The van der Waals surface area contributed by atoms with Crippen LogP contribution in [-0.2, 0) is 4.79 Å². The van der Waals surface area contributed by atoms with E-state index >= 15 is 0 Å². The number of nitrogens with zero attached hydrogens (tertiary/aromatic N) is 1. The van der Waals surface area contributed by atoms with Crippen molar-refractivity contribution < 1.29 is 19.0 Å². The minimum Gasteiger partial charge on any atom is -0.487 e. The van der Waals surface area contributed by atoms with Gasteiger partial charge >= 0.3 is 0 Å². The molecule has 1 aromatic carbocycles. The molecule has 4 aliphatic carbocycles. The molecule has 4 atom stereocenters. The van der Waals surface area contributed by atoms with E-state index in [9.17, 15) is 14.3 Å². The van der Waals surface area contributed by atoms with Gasteiger partial charge in [-0.2, -0.15) is 0 Å². The summed E-state index contributed by atoms with van der Waals surface area (Å²) < 4.78 is 19.6. The second kappa shape index (κ2) is 6.72. The summed E-state index contributed by atoms with van der Waals surface area (Å²) in [5.74, 6) is 1.42. The van der Waals surface area contributed by atoms with E-state index < -0.39 is 5.60 Å². The number of piperidine rings is 1. The van der Waals surface area contributed by atoms with E-state index in [0.29, 0.717) is 37.1 Å². The molecule has 1 N–H and O–H groups in total. The van der Waals surface area contributed by atoms with Gasteiger partial charge in [-0.1, -0.05) is 12.1 Å². The van der Waals surface area contributed by atoms with Crippen LogP contribution < -0.4 is 4.74 Å². The number of aliphatic hydroxyl groups is 1. The molecule has 0 radical (unpaired) electrons. The Morgan fingerprint density at radius 3 is 2.46 bits per heavy atom. The first-order valence-corrected chi connectivity index (χ1v) is 10.8. The molecule has 1 heterocycles. The molecule has 152 valence electrons. The van der Waals surface area contributed by atoms with Crippen molar-refractivity contribution in [3.05, 3.63) is 30.1 Å². The Labute approximate surface area is 166 Å². The molecule has 4 bridgehead atoms. The maximum Gasteiger partial charge on any atom is 0.223 e. The van der Waals surface area contributed by atoms with Gasteiger partial charge in [0.1, 0.15) is 6.10 Å². The number of carbonyl (C=O) groups excluding carboxylic acids is 1. The highest BCUT2D eigenvalue weighted by atomic mass is 19.1. The second-order valence-corrected chi connectivity index (χ2v) is 9.99. The van der Waals surface area contributed by atoms with Crippen molar-refractivity contribution in [2.45, 2.75) is 69.5 Å². The summed E-state index contributed by atoms with van der Waals surface area (Å²) in [4.78, 5) is 15.0. The van der Waals surface area contributed by atoms with Gasteiger partial charge in [-0.05, 0) is 67.9 Å². The van der Waals surface area contributed by atoms with E-state index in [1.165, 1.54) is 12.5 Å². The van der Waals surface area contributed by atoms with Gasteiger partial charge in [-0.15, -0.1) is 0 Å². The molecule has 1 aromatic rings. The molecule has 5 aliphatic rings. The number of benzene rings is 1. The van der Waals surface area contributed by atoms with Crippen molar-refractivity contribution in [1.82, 2.24) is 4.90 Å². The van der Waals surface area contributed by atoms with Gasteiger partial charge in [0.25, 0.3) is 0 Å². The number of hydrogen-bond acceptors (Lipinski definition) is 3. The monoisotopic (exact) mass is 387 g/mol. The van der Waals surface area contributed by atoms with Gasteiger partial charge in [0.2, 0.25) is 5.91 Å². The lowest BCUT2D eigenvalue weighted by molar-refractivity contribution is -0.172. The summed E-state index contributed by atoms with van der Waals surface area (Å²) in [7, 11) is 0. The van der Waals surface area contributed by atoms with Gasteiger partial charge in [0.05, 0.1) is 5.60 Å². The first kappa shape index (κ1) is 18.4. The third kappa shape index (κ3) is 3.42. The van der Waals surface area contributed by atoms with Crippen LogP contribution in [0.15, 0.2) is 24.3 Å². The molecule has 6 rings (SSSR count). The maximum atomic E-state index is 13.8. The van der Waals surface area contributed by atoms with Gasteiger partial charge in [0.15, 0.2) is 11.6 Å². The average molecular weight is 387 g/mol. The highest BCUT2D eigenvalue weighted by Crippen LogP contribution is 2.62. The number of ether oxygens (including phenoxy) is 1. The zero-order valence-corrected chi connectivity index (χ0v) is 16.4. The molecular formula is C23H30FNO3. The summed E-state index contributed by atoms with van der Waals surface area (Å²) in [6, 6.07) is 6.50. The second-order valence-electron chi connectivity index (χ2n) is 9.99. The zero-order chi connectivity index (χ0) is 19.4. The van der Waals surface area contributed by atoms with Crippen molar-refractivity contribution in [2.24, 2.45) is 17.3 Å². The van der Waals surface area contributed by atoms with Crippen molar-refractivity contribution >= 4 is 5.91 Å². The van der Waals surface area contributed by atoms with Crippen LogP contribution in [0.25, 0.3) is 0 Å². The molecule has 28 heavy (non-hydrogen) atoms. The van der Waals surface area contributed by atoms with Crippen LogP contribution in [0, 0.1) is 23.1 Å². The van der Waals surface area contributed by atoms with Crippen molar-refractivity contribution in [3.63, 3.8) is 0 Å². The normalized spacial score (nSPS) is 37.3. The summed E-state index contributed by atoms with van der Waals surface area (Å²) in [6.07, 6.45) is 8.20. The number of rotatable bonds is 4. The Kier molecular flexibility index (Phi) is 4.42. The summed E-state index contributed by atoms with van der Waals surface area (Å²) >= 11 is 0. The molecule has 0 aromatic heterocycles. The lowest BCUT2D eigenvalue weighted by Crippen LogP contribution is -2.57. The molecular weight excluding hydrogens is 357 g/mol. The molecule has 1 amide bonds. The van der Waals surface area contributed by atoms with E-state index in [2.05, 4.69) is 0 Å². The minimum absolute atomic E-state index is 0.0242. The van der Waals surface area contributed by atoms with E-state index in [1.54, 1.807) is 18.2 Å². The SMILES string of the molecule is O=C(CC12C[C@@H]3C[C@@H](CC(O)(C3)C1)C2)N1CCC(Oc2ccccc2F)CC1. The quantitative estimate of drug-likeness (QED) is 0.852. The molecule has 4 nitrogen and oxygen atoms in total. The Morgan fingerprint density at radius 2 is 1.82 bits per heavy atom. The van der Waals surface area contributed by atoms with Crippen LogP contribution in [0.5, 0.6) is 5.75 Å². The van der Waals surface area contributed by atoms with Gasteiger partial charge in [-0.3, -0.25) is 4.79 Å². The molecule has 4 saturated carbocycles. The number of amides is 1. The smallest absolute Gasteiger partial charge is 0.223 e. The first-order valence-electron chi connectivity index (χ1n) is 10.8. The van der Waals surface area contributed by atoms with Crippen LogP contribution in [-0.4, -0.2) is 40.7 Å². The summed E-state index contributed by atoms with van der Waals surface area (Å²) in [5.41, 5.74) is -0.485. The minimum atomic E-state index is -0.509.